The number of carbonyl (C=O) groups excluding carboxylic acids is 1. The van der Waals surface area contributed by atoms with Crippen molar-refractivity contribution in [3.63, 3.8) is 0 Å². The largest absolute Gasteiger partial charge is 0.383 e. The summed E-state index contributed by atoms with van der Waals surface area (Å²) in [7, 11) is 0. The number of anilines is 1. The number of nitrogens with two attached hydrogens (primary N) is 1. The van der Waals surface area contributed by atoms with Crippen molar-refractivity contribution < 1.29 is 4.79 Å². The number of benzene rings is 1. The summed E-state index contributed by atoms with van der Waals surface area (Å²) in [6, 6.07) is 12.6. The first-order valence-corrected chi connectivity index (χ1v) is 9.29. The summed E-state index contributed by atoms with van der Waals surface area (Å²) in [5.41, 5.74) is 9.66. The van der Waals surface area contributed by atoms with Crippen molar-refractivity contribution in [2.45, 2.75) is 26.4 Å². The molecule has 3 heterocycles. The minimum atomic E-state index is 0.176. The fourth-order valence-corrected chi connectivity index (χ4v) is 4.73. The first-order valence-electron chi connectivity index (χ1n) is 9.29. The molecule has 0 saturated carbocycles. The number of hydrogen-bond acceptors (Lipinski definition) is 4. The second-order valence-corrected chi connectivity index (χ2v) is 7.64. The smallest absolute Gasteiger partial charge is 0.219 e. The van der Waals surface area contributed by atoms with E-state index in [-0.39, 0.29) is 11.9 Å². The van der Waals surface area contributed by atoms with Gasteiger partial charge in [0.05, 0.1) is 6.04 Å². The fraction of sp³-hybridized carbons (Fsp3) is 0.429. The lowest BCUT2D eigenvalue weighted by Gasteiger charge is -2.30. The number of aromatic nitrogens is 1. The Labute approximate surface area is 154 Å². The molecule has 2 fully saturated rings. The summed E-state index contributed by atoms with van der Waals surface area (Å²) >= 11 is 0. The number of hydrogen-bond donors (Lipinski definition) is 1. The van der Waals surface area contributed by atoms with Crippen LogP contribution in [0.4, 0.5) is 5.82 Å². The predicted molar refractivity (Wildman–Crippen MR) is 102 cm³/mol. The third-order valence-electron chi connectivity index (χ3n) is 5.97. The molecule has 26 heavy (non-hydrogen) atoms. The van der Waals surface area contributed by atoms with E-state index >= 15 is 0 Å². The van der Waals surface area contributed by atoms with Crippen LogP contribution in [0.1, 0.15) is 29.7 Å². The number of rotatable bonds is 3. The van der Waals surface area contributed by atoms with Gasteiger partial charge in [-0.05, 0) is 30.0 Å². The Kier molecular flexibility index (Phi) is 4.41. The van der Waals surface area contributed by atoms with Gasteiger partial charge in [0.25, 0.3) is 0 Å². The number of likely N-dealkylation sites (tertiary alicyclic amines) is 2. The Morgan fingerprint density at radius 1 is 1.19 bits per heavy atom. The molecule has 0 radical (unpaired) electrons. The summed E-state index contributed by atoms with van der Waals surface area (Å²) < 4.78 is 0. The molecule has 0 bridgehead atoms. The van der Waals surface area contributed by atoms with Crippen molar-refractivity contribution in [3.8, 4) is 0 Å². The van der Waals surface area contributed by atoms with Gasteiger partial charge in [-0.25, -0.2) is 4.98 Å². The molecule has 2 aromatic rings. The van der Waals surface area contributed by atoms with E-state index in [2.05, 4.69) is 52.0 Å². The van der Waals surface area contributed by atoms with Crippen LogP contribution in [0, 0.1) is 18.8 Å². The molecule has 4 rings (SSSR count). The van der Waals surface area contributed by atoms with Crippen molar-refractivity contribution in [1.29, 1.82) is 0 Å². The van der Waals surface area contributed by atoms with E-state index < -0.39 is 0 Å². The highest BCUT2D eigenvalue weighted by Gasteiger charge is 2.48. The summed E-state index contributed by atoms with van der Waals surface area (Å²) in [5, 5.41) is 0. The number of aryl methyl sites for hydroxylation is 1. The number of nitrogens with zero attached hydrogens (tertiary/aromatic N) is 3. The highest BCUT2D eigenvalue weighted by Crippen LogP contribution is 2.46. The second-order valence-electron chi connectivity index (χ2n) is 7.64. The highest BCUT2D eigenvalue weighted by molar-refractivity contribution is 5.74. The molecule has 0 spiro atoms. The van der Waals surface area contributed by atoms with Crippen molar-refractivity contribution in [2.75, 3.05) is 25.4 Å². The predicted octanol–water partition coefficient (Wildman–Crippen LogP) is 2.62. The lowest BCUT2D eigenvalue weighted by atomic mass is 9.87. The Morgan fingerprint density at radius 2 is 2.00 bits per heavy atom. The molecular formula is C21H26N4O. The van der Waals surface area contributed by atoms with Crippen LogP contribution in [-0.2, 0) is 11.3 Å². The Bertz CT molecular complexity index is 821. The summed E-state index contributed by atoms with van der Waals surface area (Å²) in [5.74, 6) is 1.78. The number of pyridine rings is 1. The van der Waals surface area contributed by atoms with Crippen LogP contribution in [-0.4, -0.2) is 40.3 Å². The van der Waals surface area contributed by atoms with E-state index in [1.807, 2.05) is 6.07 Å². The SMILES string of the molecule is CC(=O)N1C[C@H]2CN(Cc3cccnc3N)C[C@H]2[C@@H]1c1ccccc1C. The van der Waals surface area contributed by atoms with Gasteiger partial charge in [0.2, 0.25) is 5.91 Å². The van der Waals surface area contributed by atoms with Crippen LogP contribution in [0.25, 0.3) is 0 Å². The molecule has 5 nitrogen and oxygen atoms in total. The second kappa shape index (κ2) is 6.72. The normalized spacial score (nSPS) is 25.5. The molecule has 0 unspecified atom stereocenters. The lowest BCUT2D eigenvalue weighted by Crippen LogP contribution is -2.34. The molecule has 3 atom stereocenters. The van der Waals surface area contributed by atoms with Crippen LogP contribution in [0.2, 0.25) is 0 Å². The lowest BCUT2D eigenvalue weighted by molar-refractivity contribution is -0.130. The molecule has 2 aliphatic heterocycles. The Morgan fingerprint density at radius 3 is 2.73 bits per heavy atom. The quantitative estimate of drug-likeness (QED) is 0.924. The molecular weight excluding hydrogens is 324 g/mol. The number of nitrogen functional groups attached to an aromatic ring is 1. The highest BCUT2D eigenvalue weighted by atomic mass is 16.2. The van der Waals surface area contributed by atoms with E-state index in [1.165, 1.54) is 11.1 Å². The number of carbonyl (C=O) groups is 1. The summed E-state index contributed by atoms with van der Waals surface area (Å²) in [6.07, 6.45) is 1.73. The molecule has 136 valence electrons. The van der Waals surface area contributed by atoms with Gasteiger partial charge in [-0.15, -0.1) is 0 Å². The fourth-order valence-electron chi connectivity index (χ4n) is 4.73. The number of fused-ring (bicyclic) bond motifs is 1. The monoisotopic (exact) mass is 350 g/mol. The zero-order valence-electron chi connectivity index (χ0n) is 15.4. The molecule has 1 aromatic heterocycles. The Balaban J connectivity index is 1.58. The van der Waals surface area contributed by atoms with Gasteiger partial charge >= 0.3 is 0 Å². The summed E-state index contributed by atoms with van der Waals surface area (Å²) in [6.45, 7) is 7.50. The zero-order chi connectivity index (χ0) is 18.3. The van der Waals surface area contributed by atoms with Crippen molar-refractivity contribution in [1.82, 2.24) is 14.8 Å². The average molecular weight is 350 g/mol. The summed E-state index contributed by atoms with van der Waals surface area (Å²) in [4.78, 5) is 21.0. The molecule has 2 N–H and O–H groups in total. The van der Waals surface area contributed by atoms with E-state index in [4.69, 9.17) is 5.73 Å². The van der Waals surface area contributed by atoms with Crippen LogP contribution < -0.4 is 5.73 Å². The third-order valence-corrected chi connectivity index (χ3v) is 5.97. The van der Waals surface area contributed by atoms with Gasteiger partial charge in [0.1, 0.15) is 5.82 Å². The van der Waals surface area contributed by atoms with Crippen LogP contribution in [0.3, 0.4) is 0 Å². The molecule has 1 amide bonds. The van der Waals surface area contributed by atoms with Gasteiger partial charge in [-0.3, -0.25) is 9.69 Å². The van der Waals surface area contributed by atoms with Gasteiger partial charge in [-0.2, -0.15) is 0 Å². The molecule has 0 aliphatic carbocycles. The number of amides is 1. The van der Waals surface area contributed by atoms with Gasteiger partial charge < -0.3 is 10.6 Å². The first-order chi connectivity index (χ1) is 12.5. The standard InChI is InChI=1S/C21H26N4O/c1-14-6-3-4-8-18(14)20-19-13-24(10-16-7-5-9-23-21(16)22)11-17(19)12-25(20)15(2)26/h3-9,17,19-20H,10-13H2,1-2H3,(H2,22,23)/t17-,19-,20+/m1/s1. The maximum atomic E-state index is 12.3. The van der Waals surface area contributed by atoms with Crippen LogP contribution >= 0.6 is 0 Å². The molecule has 2 aliphatic rings. The molecule has 5 heteroatoms. The van der Waals surface area contributed by atoms with E-state index in [0.717, 1.165) is 31.7 Å². The maximum Gasteiger partial charge on any atom is 0.219 e. The van der Waals surface area contributed by atoms with Gasteiger partial charge in [-0.1, -0.05) is 30.3 Å². The average Bonchev–Trinajstić information content (AvgIpc) is 3.15. The van der Waals surface area contributed by atoms with Crippen LogP contribution in [0.5, 0.6) is 0 Å². The minimum absolute atomic E-state index is 0.176. The van der Waals surface area contributed by atoms with Crippen molar-refractivity contribution >= 4 is 11.7 Å². The van der Waals surface area contributed by atoms with E-state index in [9.17, 15) is 4.79 Å². The van der Waals surface area contributed by atoms with E-state index in [1.54, 1.807) is 13.1 Å². The zero-order valence-corrected chi connectivity index (χ0v) is 15.4. The molecule has 1 aromatic carbocycles. The topological polar surface area (TPSA) is 62.5 Å². The maximum absolute atomic E-state index is 12.3. The minimum Gasteiger partial charge on any atom is -0.383 e. The Hall–Kier alpha value is -2.40. The van der Waals surface area contributed by atoms with Crippen molar-refractivity contribution in [3.05, 3.63) is 59.3 Å². The van der Waals surface area contributed by atoms with E-state index in [0.29, 0.717) is 17.7 Å². The molecule has 2 saturated heterocycles. The third kappa shape index (κ3) is 2.97. The first kappa shape index (κ1) is 17.0. The van der Waals surface area contributed by atoms with Gasteiger partial charge in [0, 0.05) is 50.8 Å². The van der Waals surface area contributed by atoms with Crippen LogP contribution in [0.15, 0.2) is 42.6 Å². The van der Waals surface area contributed by atoms with Crippen molar-refractivity contribution in [2.24, 2.45) is 11.8 Å². The van der Waals surface area contributed by atoms with Gasteiger partial charge in [0.15, 0.2) is 0 Å².